The number of hydrogen-bond acceptors (Lipinski definition) is 8. The van der Waals surface area contributed by atoms with Crippen molar-refractivity contribution in [3.05, 3.63) is 61.4 Å². The Hall–Kier alpha value is -4.44. The van der Waals surface area contributed by atoms with Gasteiger partial charge < -0.3 is 30.2 Å². The van der Waals surface area contributed by atoms with Crippen molar-refractivity contribution >= 4 is 40.0 Å². The Balaban J connectivity index is 1.72. The van der Waals surface area contributed by atoms with Crippen molar-refractivity contribution < 1.29 is 9.53 Å². The molecule has 0 bridgehead atoms. The number of ether oxygens (including phenoxy) is 1. The van der Waals surface area contributed by atoms with E-state index in [0.717, 1.165) is 28.7 Å². The highest BCUT2D eigenvalue weighted by atomic mass is 16.5. The standard InChI is InChI=1S/C26H30N8O2/c1-6-23(35)29-20-15-21(25(36-5)32-24(20)33(3)14-13-27-2)31-26-28-12-11-19(30-26)18-16-34(4)22-10-8-7-9-17(18)22/h6-12,15-16,27H,1,13-14H2,2-5H3,(H,29,35)(H,28,30,31). The number of fused-ring (bicyclic) bond motifs is 1. The van der Waals surface area contributed by atoms with Crippen molar-refractivity contribution in [1.29, 1.82) is 0 Å². The minimum atomic E-state index is -0.342. The maximum atomic E-state index is 12.1. The summed E-state index contributed by atoms with van der Waals surface area (Å²) in [5.74, 6) is 0.938. The fraction of sp³-hybridized carbons (Fsp3) is 0.231. The van der Waals surface area contributed by atoms with E-state index >= 15 is 0 Å². The van der Waals surface area contributed by atoms with E-state index in [1.54, 1.807) is 19.4 Å². The first kappa shape index (κ1) is 24.7. The van der Waals surface area contributed by atoms with Crippen molar-refractivity contribution in [2.24, 2.45) is 7.05 Å². The lowest BCUT2D eigenvalue weighted by Crippen LogP contribution is -2.29. The summed E-state index contributed by atoms with van der Waals surface area (Å²) in [5, 5.41) is 10.3. The second kappa shape index (κ2) is 10.9. The Morgan fingerprint density at radius 2 is 2.03 bits per heavy atom. The monoisotopic (exact) mass is 486 g/mol. The van der Waals surface area contributed by atoms with Gasteiger partial charge in [0.25, 0.3) is 0 Å². The number of aromatic nitrogens is 4. The molecular weight excluding hydrogens is 456 g/mol. The van der Waals surface area contributed by atoms with E-state index in [4.69, 9.17) is 9.72 Å². The first-order valence-electron chi connectivity index (χ1n) is 11.5. The fourth-order valence-corrected chi connectivity index (χ4v) is 3.92. The second-order valence-corrected chi connectivity index (χ2v) is 8.20. The van der Waals surface area contributed by atoms with E-state index in [1.165, 1.54) is 6.08 Å². The lowest BCUT2D eigenvalue weighted by Gasteiger charge is -2.23. The molecule has 0 spiro atoms. The predicted molar refractivity (Wildman–Crippen MR) is 144 cm³/mol. The molecule has 186 valence electrons. The van der Waals surface area contributed by atoms with Gasteiger partial charge in [0.15, 0.2) is 5.82 Å². The van der Waals surface area contributed by atoms with Gasteiger partial charge in [0, 0.05) is 56.0 Å². The molecule has 10 heteroatoms. The molecular formula is C26H30N8O2. The average molecular weight is 487 g/mol. The number of carbonyl (C=O) groups is 1. The Bertz CT molecular complexity index is 1400. The van der Waals surface area contributed by atoms with E-state index in [-0.39, 0.29) is 5.91 Å². The van der Waals surface area contributed by atoms with Crippen LogP contribution < -0.4 is 25.6 Å². The summed E-state index contributed by atoms with van der Waals surface area (Å²) >= 11 is 0. The number of aryl methyl sites for hydroxylation is 1. The zero-order chi connectivity index (χ0) is 25.7. The number of hydrogen-bond donors (Lipinski definition) is 3. The van der Waals surface area contributed by atoms with Gasteiger partial charge in [-0.3, -0.25) is 4.79 Å². The van der Waals surface area contributed by atoms with Gasteiger partial charge in [-0.25, -0.2) is 9.97 Å². The highest BCUT2D eigenvalue weighted by Gasteiger charge is 2.18. The van der Waals surface area contributed by atoms with Gasteiger partial charge in [-0.15, -0.1) is 0 Å². The Labute approximate surface area is 210 Å². The van der Waals surface area contributed by atoms with Crippen LogP contribution in [0.25, 0.3) is 22.2 Å². The van der Waals surface area contributed by atoms with E-state index < -0.39 is 0 Å². The molecule has 36 heavy (non-hydrogen) atoms. The number of nitrogens with one attached hydrogen (secondary N) is 3. The van der Waals surface area contributed by atoms with Gasteiger partial charge in [0.05, 0.1) is 18.5 Å². The Kier molecular flexibility index (Phi) is 7.45. The minimum absolute atomic E-state index is 0.342. The van der Waals surface area contributed by atoms with Crippen LogP contribution in [0.5, 0.6) is 5.88 Å². The molecule has 1 aromatic carbocycles. The van der Waals surface area contributed by atoms with Crippen LogP contribution in [-0.2, 0) is 11.8 Å². The van der Waals surface area contributed by atoms with Crippen LogP contribution in [-0.4, -0.2) is 59.7 Å². The van der Waals surface area contributed by atoms with Crippen LogP contribution in [0.2, 0.25) is 0 Å². The molecule has 0 saturated carbocycles. The number of rotatable bonds is 10. The Morgan fingerprint density at radius 1 is 1.22 bits per heavy atom. The third-order valence-corrected chi connectivity index (χ3v) is 5.74. The molecule has 0 saturated heterocycles. The molecule has 0 fully saturated rings. The van der Waals surface area contributed by atoms with Crippen LogP contribution in [0.4, 0.5) is 23.1 Å². The van der Waals surface area contributed by atoms with Crippen molar-refractivity contribution in [1.82, 2.24) is 24.8 Å². The molecule has 3 heterocycles. The molecule has 4 aromatic rings. The van der Waals surface area contributed by atoms with E-state index in [2.05, 4.69) is 55.4 Å². The van der Waals surface area contributed by atoms with Crippen LogP contribution in [0.3, 0.4) is 0 Å². The van der Waals surface area contributed by atoms with E-state index in [0.29, 0.717) is 35.6 Å². The normalized spacial score (nSPS) is 10.8. The number of nitrogens with zero attached hydrogens (tertiary/aromatic N) is 5. The first-order valence-corrected chi connectivity index (χ1v) is 11.5. The van der Waals surface area contributed by atoms with Gasteiger partial charge in [-0.1, -0.05) is 24.8 Å². The second-order valence-electron chi connectivity index (χ2n) is 8.20. The van der Waals surface area contributed by atoms with Gasteiger partial charge in [-0.05, 0) is 31.3 Å². The zero-order valence-electron chi connectivity index (χ0n) is 20.9. The molecule has 0 unspecified atom stereocenters. The lowest BCUT2D eigenvalue weighted by molar-refractivity contribution is -0.111. The molecule has 10 nitrogen and oxygen atoms in total. The number of likely N-dealkylation sites (N-methyl/N-ethyl adjacent to an activating group) is 2. The quantitative estimate of drug-likeness (QED) is 0.292. The van der Waals surface area contributed by atoms with Crippen LogP contribution in [0, 0.1) is 0 Å². The lowest BCUT2D eigenvalue weighted by atomic mass is 10.1. The summed E-state index contributed by atoms with van der Waals surface area (Å²) in [5.41, 5.74) is 3.92. The number of carbonyl (C=O) groups excluding carboxylic acids is 1. The summed E-state index contributed by atoms with van der Waals surface area (Å²) in [6.07, 6.45) is 4.97. The van der Waals surface area contributed by atoms with Crippen molar-refractivity contribution in [2.45, 2.75) is 0 Å². The number of para-hydroxylation sites is 1. The molecule has 0 radical (unpaired) electrons. The molecule has 0 aliphatic carbocycles. The summed E-state index contributed by atoms with van der Waals surface area (Å²) in [7, 11) is 7.32. The van der Waals surface area contributed by atoms with Crippen LogP contribution >= 0.6 is 0 Å². The highest BCUT2D eigenvalue weighted by Crippen LogP contribution is 2.35. The molecule has 0 atom stereocenters. The van der Waals surface area contributed by atoms with Crippen LogP contribution in [0.15, 0.2) is 61.4 Å². The van der Waals surface area contributed by atoms with Crippen molar-refractivity contribution in [2.75, 3.05) is 49.8 Å². The van der Waals surface area contributed by atoms with Crippen molar-refractivity contribution in [3.8, 4) is 17.1 Å². The van der Waals surface area contributed by atoms with E-state index in [1.807, 2.05) is 44.2 Å². The predicted octanol–water partition coefficient (Wildman–Crippen LogP) is 3.56. The largest absolute Gasteiger partial charge is 0.479 e. The number of amides is 1. The molecule has 3 aromatic heterocycles. The topological polar surface area (TPSA) is 109 Å². The minimum Gasteiger partial charge on any atom is -0.479 e. The Morgan fingerprint density at radius 3 is 2.78 bits per heavy atom. The third-order valence-electron chi connectivity index (χ3n) is 5.74. The van der Waals surface area contributed by atoms with Gasteiger partial charge in [-0.2, -0.15) is 4.98 Å². The fourth-order valence-electron chi connectivity index (χ4n) is 3.92. The third kappa shape index (κ3) is 5.13. The maximum Gasteiger partial charge on any atom is 0.247 e. The van der Waals surface area contributed by atoms with Gasteiger partial charge >= 0.3 is 0 Å². The average Bonchev–Trinajstić information content (AvgIpc) is 3.24. The number of pyridine rings is 1. The van der Waals surface area contributed by atoms with E-state index in [9.17, 15) is 4.79 Å². The number of methoxy groups -OCH3 is 1. The summed E-state index contributed by atoms with van der Waals surface area (Å²) in [6.45, 7) is 4.96. The van der Waals surface area contributed by atoms with Crippen LogP contribution in [0.1, 0.15) is 0 Å². The zero-order valence-corrected chi connectivity index (χ0v) is 20.9. The summed E-state index contributed by atoms with van der Waals surface area (Å²) in [4.78, 5) is 27.9. The number of benzene rings is 1. The SMILES string of the molecule is C=CC(=O)Nc1cc(Nc2nccc(-c3cn(C)c4ccccc34)n2)c(OC)nc1N(C)CCNC. The smallest absolute Gasteiger partial charge is 0.247 e. The number of anilines is 4. The molecule has 0 aliphatic heterocycles. The van der Waals surface area contributed by atoms with Gasteiger partial charge in [0.2, 0.25) is 17.7 Å². The summed E-state index contributed by atoms with van der Waals surface area (Å²) in [6, 6.07) is 11.8. The van der Waals surface area contributed by atoms with Crippen molar-refractivity contribution in [3.63, 3.8) is 0 Å². The first-order chi connectivity index (χ1) is 17.4. The molecule has 3 N–H and O–H groups in total. The highest BCUT2D eigenvalue weighted by molar-refractivity contribution is 6.01. The maximum absolute atomic E-state index is 12.1. The van der Waals surface area contributed by atoms with Gasteiger partial charge in [0.1, 0.15) is 5.69 Å². The summed E-state index contributed by atoms with van der Waals surface area (Å²) < 4.78 is 7.64. The molecule has 0 aliphatic rings. The molecule has 4 rings (SSSR count). The molecule has 1 amide bonds.